The maximum Gasteiger partial charge on any atom is 0.323 e. The normalized spacial score (nSPS) is 15.5. The van der Waals surface area contributed by atoms with Crippen molar-refractivity contribution in [3.05, 3.63) is 29.8 Å². The van der Waals surface area contributed by atoms with Gasteiger partial charge in [-0.05, 0) is 31.2 Å². The van der Waals surface area contributed by atoms with E-state index in [1.54, 1.807) is 6.92 Å². The van der Waals surface area contributed by atoms with Crippen LogP contribution in [0, 0.1) is 0 Å². The number of aliphatic carboxylic acids is 1. The van der Waals surface area contributed by atoms with Crippen LogP contribution < -0.4 is 5.32 Å². The van der Waals surface area contributed by atoms with Crippen LogP contribution in [0.25, 0.3) is 0 Å². The van der Waals surface area contributed by atoms with Crippen LogP contribution in [0.15, 0.2) is 29.2 Å². The standard InChI is InChI=1S/C15H19N3O6S/c1-2-17(10-14(20)21)15(22)11-3-5-12(6-4-11)25(23,24)18-8-7-16-13(19)9-18/h3-6H,2,7-10H2,1H3,(H,16,19)(H,20,21). The van der Waals surface area contributed by atoms with Crippen molar-refractivity contribution >= 4 is 27.8 Å². The Morgan fingerprint density at radius 2 is 1.92 bits per heavy atom. The number of rotatable bonds is 6. The number of carbonyl (C=O) groups excluding carboxylic acids is 2. The summed E-state index contributed by atoms with van der Waals surface area (Å²) >= 11 is 0. The minimum absolute atomic E-state index is 0.0277. The molecule has 0 aromatic heterocycles. The zero-order chi connectivity index (χ0) is 18.6. The van der Waals surface area contributed by atoms with Gasteiger partial charge in [0.15, 0.2) is 0 Å². The molecule has 0 aliphatic carbocycles. The third kappa shape index (κ3) is 4.34. The van der Waals surface area contributed by atoms with Crippen molar-refractivity contribution < 1.29 is 27.9 Å². The number of nitrogens with one attached hydrogen (secondary N) is 1. The molecule has 2 N–H and O–H groups in total. The minimum Gasteiger partial charge on any atom is -0.480 e. The molecule has 0 saturated carbocycles. The van der Waals surface area contributed by atoms with E-state index in [0.717, 1.165) is 9.21 Å². The number of nitrogens with zero attached hydrogens (tertiary/aromatic N) is 2. The first-order chi connectivity index (χ1) is 11.8. The Bertz CT molecular complexity index is 775. The molecule has 1 fully saturated rings. The van der Waals surface area contributed by atoms with Crippen molar-refractivity contribution in [1.29, 1.82) is 0 Å². The lowest BCUT2D eigenvalue weighted by Gasteiger charge is -2.26. The Morgan fingerprint density at radius 3 is 2.44 bits per heavy atom. The number of likely N-dealkylation sites (N-methyl/N-ethyl adjacent to an activating group) is 1. The molecule has 0 atom stereocenters. The summed E-state index contributed by atoms with van der Waals surface area (Å²) in [6.07, 6.45) is 0. The van der Waals surface area contributed by atoms with Crippen LogP contribution in [0.4, 0.5) is 0 Å². The molecule has 9 nitrogen and oxygen atoms in total. The highest BCUT2D eigenvalue weighted by atomic mass is 32.2. The molecule has 1 aliphatic heterocycles. The van der Waals surface area contributed by atoms with Crippen molar-refractivity contribution in [3.63, 3.8) is 0 Å². The molecule has 1 aromatic rings. The van der Waals surface area contributed by atoms with Gasteiger partial charge in [0.2, 0.25) is 15.9 Å². The van der Waals surface area contributed by atoms with Crippen molar-refractivity contribution in [1.82, 2.24) is 14.5 Å². The molecule has 2 amide bonds. The molecule has 1 saturated heterocycles. The van der Waals surface area contributed by atoms with E-state index in [0.29, 0.717) is 0 Å². The number of benzene rings is 1. The third-order valence-corrected chi connectivity index (χ3v) is 5.60. The first-order valence-corrected chi connectivity index (χ1v) is 9.07. The molecule has 0 spiro atoms. The average Bonchev–Trinajstić information content (AvgIpc) is 2.59. The van der Waals surface area contributed by atoms with Gasteiger partial charge in [-0.15, -0.1) is 0 Å². The summed E-state index contributed by atoms with van der Waals surface area (Å²) in [6, 6.07) is 5.24. The average molecular weight is 369 g/mol. The van der Waals surface area contributed by atoms with Gasteiger partial charge in [-0.2, -0.15) is 4.31 Å². The summed E-state index contributed by atoms with van der Waals surface area (Å²) in [4.78, 5) is 35.5. The first kappa shape index (κ1) is 18.9. The molecular formula is C15H19N3O6S. The second-order valence-electron chi connectivity index (χ2n) is 5.43. The van der Waals surface area contributed by atoms with E-state index in [1.165, 1.54) is 24.3 Å². The van der Waals surface area contributed by atoms with Gasteiger partial charge in [-0.1, -0.05) is 0 Å². The van der Waals surface area contributed by atoms with Crippen LogP contribution in [-0.2, 0) is 19.6 Å². The van der Waals surface area contributed by atoms with Gasteiger partial charge in [-0.3, -0.25) is 14.4 Å². The molecular weight excluding hydrogens is 350 g/mol. The zero-order valence-corrected chi connectivity index (χ0v) is 14.5. The molecule has 0 unspecified atom stereocenters. The number of sulfonamides is 1. The predicted molar refractivity (Wildman–Crippen MR) is 87.4 cm³/mol. The van der Waals surface area contributed by atoms with Crippen molar-refractivity contribution in [2.75, 3.05) is 32.7 Å². The van der Waals surface area contributed by atoms with Crippen LogP contribution in [0.5, 0.6) is 0 Å². The Labute approximate surface area is 145 Å². The van der Waals surface area contributed by atoms with Gasteiger partial charge < -0.3 is 15.3 Å². The topological polar surface area (TPSA) is 124 Å². The number of carboxylic acids is 1. The third-order valence-electron chi connectivity index (χ3n) is 3.74. The highest BCUT2D eigenvalue weighted by Gasteiger charge is 2.29. The molecule has 0 bridgehead atoms. The van der Waals surface area contributed by atoms with Crippen molar-refractivity contribution in [2.45, 2.75) is 11.8 Å². The highest BCUT2D eigenvalue weighted by molar-refractivity contribution is 7.89. The van der Waals surface area contributed by atoms with Crippen LogP contribution >= 0.6 is 0 Å². The van der Waals surface area contributed by atoms with Crippen LogP contribution in [0.1, 0.15) is 17.3 Å². The Balaban J connectivity index is 2.19. The molecule has 1 aromatic carbocycles. The Kier molecular flexibility index (Phi) is 5.75. The number of carbonyl (C=O) groups is 3. The lowest BCUT2D eigenvalue weighted by Crippen LogP contribution is -2.49. The maximum absolute atomic E-state index is 12.5. The summed E-state index contributed by atoms with van der Waals surface area (Å²) < 4.78 is 26.1. The van der Waals surface area contributed by atoms with E-state index >= 15 is 0 Å². The molecule has 25 heavy (non-hydrogen) atoms. The SMILES string of the molecule is CCN(CC(=O)O)C(=O)c1ccc(S(=O)(=O)N2CCNC(=O)C2)cc1. The summed E-state index contributed by atoms with van der Waals surface area (Å²) in [5.41, 5.74) is 0.193. The summed E-state index contributed by atoms with van der Waals surface area (Å²) in [6.45, 7) is 1.62. The Hall–Kier alpha value is -2.46. The van der Waals surface area contributed by atoms with E-state index in [1.807, 2.05) is 0 Å². The number of hydrogen-bond acceptors (Lipinski definition) is 5. The van der Waals surface area contributed by atoms with Gasteiger partial charge in [0.05, 0.1) is 11.4 Å². The highest BCUT2D eigenvalue weighted by Crippen LogP contribution is 2.18. The monoisotopic (exact) mass is 369 g/mol. The fourth-order valence-corrected chi connectivity index (χ4v) is 3.81. The number of carboxylic acid groups (broad SMARTS) is 1. The van der Waals surface area contributed by atoms with E-state index in [4.69, 9.17) is 5.11 Å². The smallest absolute Gasteiger partial charge is 0.323 e. The van der Waals surface area contributed by atoms with E-state index < -0.39 is 28.4 Å². The van der Waals surface area contributed by atoms with Crippen LogP contribution in [0.3, 0.4) is 0 Å². The molecule has 1 aliphatic rings. The lowest BCUT2D eigenvalue weighted by atomic mass is 10.2. The van der Waals surface area contributed by atoms with Crippen molar-refractivity contribution in [2.24, 2.45) is 0 Å². The van der Waals surface area contributed by atoms with Gasteiger partial charge in [0.1, 0.15) is 6.54 Å². The predicted octanol–water partition coefficient (Wildman–Crippen LogP) is -0.646. The first-order valence-electron chi connectivity index (χ1n) is 7.63. The number of amides is 2. The number of piperazine rings is 1. The summed E-state index contributed by atoms with van der Waals surface area (Å²) in [5.74, 6) is -1.99. The van der Waals surface area contributed by atoms with E-state index in [2.05, 4.69) is 5.32 Å². The van der Waals surface area contributed by atoms with Gasteiger partial charge >= 0.3 is 5.97 Å². The molecule has 136 valence electrons. The zero-order valence-electron chi connectivity index (χ0n) is 13.6. The fraction of sp³-hybridized carbons (Fsp3) is 0.400. The quantitative estimate of drug-likeness (QED) is 0.687. The fourth-order valence-electron chi connectivity index (χ4n) is 2.41. The maximum atomic E-state index is 12.5. The molecule has 2 rings (SSSR count). The van der Waals surface area contributed by atoms with E-state index in [9.17, 15) is 22.8 Å². The van der Waals surface area contributed by atoms with Gasteiger partial charge in [0.25, 0.3) is 5.91 Å². The van der Waals surface area contributed by atoms with Crippen LogP contribution in [0.2, 0.25) is 0 Å². The lowest BCUT2D eigenvalue weighted by molar-refractivity contribution is -0.137. The summed E-state index contributed by atoms with van der Waals surface area (Å²) in [5, 5.41) is 11.4. The minimum atomic E-state index is -3.83. The second-order valence-corrected chi connectivity index (χ2v) is 7.36. The largest absolute Gasteiger partial charge is 0.480 e. The van der Waals surface area contributed by atoms with E-state index in [-0.39, 0.29) is 42.5 Å². The van der Waals surface area contributed by atoms with Crippen LogP contribution in [-0.4, -0.2) is 73.2 Å². The van der Waals surface area contributed by atoms with Gasteiger partial charge in [-0.25, -0.2) is 8.42 Å². The molecule has 1 heterocycles. The Morgan fingerprint density at radius 1 is 1.28 bits per heavy atom. The molecule has 10 heteroatoms. The molecule has 0 radical (unpaired) electrons. The van der Waals surface area contributed by atoms with Gasteiger partial charge in [0, 0.05) is 25.2 Å². The number of hydrogen-bond donors (Lipinski definition) is 2. The summed E-state index contributed by atoms with van der Waals surface area (Å²) in [7, 11) is -3.83. The van der Waals surface area contributed by atoms with Crippen molar-refractivity contribution in [3.8, 4) is 0 Å². The second kappa shape index (κ2) is 7.62.